The Labute approximate surface area is 249 Å². The number of ether oxygens (including phenoxy) is 3. The summed E-state index contributed by atoms with van der Waals surface area (Å²) in [5, 5.41) is 35.7. The maximum atomic E-state index is 15.3. The maximum Gasteiger partial charge on any atom is 0.341 e. The van der Waals surface area contributed by atoms with Gasteiger partial charge in [0.2, 0.25) is 5.79 Å². The molecule has 228 valence electrons. The van der Waals surface area contributed by atoms with Gasteiger partial charge in [-0.25, -0.2) is 9.18 Å². The Kier molecular flexibility index (Phi) is 6.29. The predicted octanol–water partition coefficient (Wildman–Crippen LogP) is 3.96. The lowest BCUT2D eigenvalue weighted by atomic mass is 9.35. The number of rotatable bonds is 5. The Balaban J connectivity index is 1.24. The lowest BCUT2D eigenvalue weighted by Gasteiger charge is -2.74. The molecule has 2 saturated heterocycles. The first-order valence-electron chi connectivity index (χ1n) is 15.0. The molecule has 0 radical (unpaired) electrons. The van der Waals surface area contributed by atoms with Crippen molar-refractivity contribution in [3.05, 3.63) is 77.6 Å². The lowest BCUT2D eigenvalue weighted by Crippen LogP contribution is -2.85. The smallest absolute Gasteiger partial charge is 0.341 e. The normalized spacial score (nSPS) is 40.5. The summed E-state index contributed by atoms with van der Waals surface area (Å²) in [6, 6.07) is 13.2. The van der Waals surface area contributed by atoms with Crippen molar-refractivity contribution in [2.75, 3.05) is 6.61 Å². The van der Waals surface area contributed by atoms with Gasteiger partial charge in [-0.15, -0.1) is 0 Å². The number of halogens is 1. The van der Waals surface area contributed by atoms with E-state index in [-0.39, 0.29) is 30.1 Å². The van der Waals surface area contributed by atoms with Gasteiger partial charge in [0.15, 0.2) is 5.78 Å². The van der Waals surface area contributed by atoms with Gasteiger partial charge >= 0.3 is 5.97 Å². The van der Waals surface area contributed by atoms with Gasteiger partial charge < -0.3 is 29.5 Å². The Morgan fingerprint density at radius 2 is 1.86 bits per heavy atom. The van der Waals surface area contributed by atoms with Crippen molar-refractivity contribution >= 4 is 11.8 Å². The zero-order valence-electron chi connectivity index (χ0n) is 24.3. The van der Waals surface area contributed by atoms with Gasteiger partial charge in [0.05, 0.1) is 18.3 Å². The summed E-state index contributed by atoms with van der Waals surface area (Å²) in [6.07, 6.45) is -1.75. The van der Waals surface area contributed by atoms with Crippen LogP contribution in [0.15, 0.2) is 60.7 Å². The average Bonchev–Trinajstić information content (AvgIpc) is 3.09. The number of fused-ring (bicyclic) bond motifs is 2. The molecule has 3 N–H and O–H groups in total. The highest BCUT2D eigenvalue weighted by molar-refractivity contribution is 6.05. The van der Waals surface area contributed by atoms with Crippen LogP contribution in [-0.4, -0.2) is 57.8 Å². The lowest BCUT2D eigenvalue weighted by molar-refractivity contribution is -0.457. The summed E-state index contributed by atoms with van der Waals surface area (Å²) in [6.45, 7) is 8.20. The minimum atomic E-state index is -2.38. The summed E-state index contributed by atoms with van der Waals surface area (Å²) >= 11 is 0. The Morgan fingerprint density at radius 3 is 2.58 bits per heavy atom. The predicted molar refractivity (Wildman–Crippen MR) is 151 cm³/mol. The second-order valence-electron chi connectivity index (χ2n) is 13.8. The molecule has 43 heavy (non-hydrogen) atoms. The molecule has 0 unspecified atom stereocenters. The molecule has 4 bridgehead atoms. The number of hydrogen-bond acceptors (Lipinski definition) is 8. The van der Waals surface area contributed by atoms with Crippen LogP contribution in [0.1, 0.15) is 55.5 Å². The molecule has 6 aliphatic rings. The van der Waals surface area contributed by atoms with Crippen LogP contribution in [0.5, 0.6) is 5.75 Å². The van der Waals surface area contributed by atoms with Crippen molar-refractivity contribution in [2.45, 2.75) is 70.2 Å². The molecule has 2 spiro atoms. The van der Waals surface area contributed by atoms with Crippen LogP contribution in [0.25, 0.3) is 0 Å². The number of hydrogen-bond donors (Lipinski definition) is 3. The van der Waals surface area contributed by atoms with Crippen molar-refractivity contribution in [1.29, 1.82) is 0 Å². The molecule has 8 nitrogen and oxygen atoms in total. The van der Waals surface area contributed by atoms with Crippen LogP contribution >= 0.6 is 0 Å². The number of carbonyl (C=O) groups excluding carboxylic acids is 2. The minimum Gasteiger partial charge on any atom is -0.489 e. The van der Waals surface area contributed by atoms with E-state index < -0.39 is 75.7 Å². The van der Waals surface area contributed by atoms with E-state index in [1.54, 1.807) is 0 Å². The van der Waals surface area contributed by atoms with Gasteiger partial charge in [-0.1, -0.05) is 50.8 Å². The van der Waals surface area contributed by atoms with Crippen molar-refractivity contribution in [3.63, 3.8) is 0 Å². The summed E-state index contributed by atoms with van der Waals surface area (Å²) in [4.78, 5) is 27.8. The van der Waals surface area contributed by atoms with Crippen LogP contribution in [-0.2, 0) is 20.9 Å². The van der Waals surface area contributed by atoms with E-state index in [0.29, 0.717) is 25.7 Å². The zero-order valence-corrected chi connectivity index (χ0v) is 24.3. The largest absolute Gasteiger partial charge is 0.489 e. The molecule has 2 aliphatic heterocycles. The third-order valence-electron chi connectivity index (χ3n) is 11.5. The van der Waals surface area contributed by atoms with E-state index in [4.69, 9.17) is 14.2 Å². The Morgan fingerprint density at radius 1 is 1.12 bits per heavy atom. The molecule has 0 amide bonds. The molecule has 2 aromatic rings. The summed E-state index contributed by atoms with van der Waals surface area (Å²) < 4.78 is 33.0. The van der Waals surface area contributed by atoms with Gasteiger partial charge in [-0.2, -0.15) is 0 Å². The van der Waals surface area contributed by atoms with E-state index in [1.165, 1.54) is 12.1 Å². The zero-order chi connectivity index (χ0) is 30.5. The fourth-order valence-corrected chi connectivity index (χ4v) is 9.71. The van der Waals surface area contributed by atoms with Crippen LogP contribution in [0.3, 0.4) is 0 Å². The molecule has 0 aromatic heterocycles. The van der Waals surface area contributed by atoms with Gasteiger partial charge in [-0.3, -0.25) is 4.79 Å². The molecule has 9 heteroatoms. The first-order valence-corrected chi connectivity index (χ1v) is 15.0. The molecule has 8 rings (SSSR count). The minimum absolute atomic E-state index is 0.0353. The molecule has 6 fully saturated rings. The highest BCUT2D eigenvalue weighted by atomic mass is 19.1. The average molecular weight is 593 g/mol. The first-order chi connectivity index (χ1) is 20.4. The number of ketones is 1. The monoisotopic (exact) mass is 592 g/mol. The van der Waals surface area contributed by atoms with Gasteiger partial charge in [0.1, 0.15) is 35.8 Å². The van der Waals surface area contributed by atoms with E-state index in [2.05, 4.69) is 6.58 Å². The van der Waals surface area contributed by atoms with Crippen LogP contribution in [0.2, 0.25) is 0 Å². The number of aliphatic hydroxyl groups is 3. The first kappa shape index (κ1) is 28.6. The maximum absolute atomic E-state index is 15.3. The third-order valence-corrected chi connectivity index (χ3v) is 11.5. The molecule has 4 aliphatic carbocycles. The van der Waals surface area contributed by atoms with Crippen molar-refractivity contribution in [2.24, 2.45) is 34.0 Å². The third kappa shape index (κ3) is 3.56. The van der Waals surface area contributed by atoms with Crippen molar-refractivity contribution < 1.29 is 43.5 Å². The second kappa shape index (κ2) is 9.44. The summed E-state index contributed by atoms with van der Waals surface area (Å²) in [5.74, 6) is -6.41. The molecule has 9 atom stereocenters. The fourth-order valence-electron chi connectivity index (χ4n) is 9.71. The van der Waals surface area contributed by atoms with E-state index in [0.717, 1.165) is 11.6 Å². The molecular formula is C34H37FO8. The van der Waals surface area contributed by atoms with Gasteiger partial charge in [0, 0.05) is 23.3 Å². The number of aliphatic hydroxyl groups excluding tert-OH is 2. The Bertz CT molecular complexity index is 1510. The highest BCUT2D eigenvalue weighted by Gasteiger charge is 2.87. The summed E-state index contributed by atoms with van der Waals surface area (Å²) in [7, 11) is 0. The second-order valence-corrected chi connectivity index (χ2v) is 13.8. The summed E-state index contributed by atoms with van der Waals surface area (Å²) in [5.41, 5.74) is -2.68. The number of benzene rings is 2. The topological polar surface area (TPSA) is 123 Å². The van der Waals surface area contributed by atoms with E-state index >= 15 is 4.39 Å². The van der Waals surface area contributed by atoms with E-state index in [9.17, 15) is 24.9 Å². The Hall–Kier alpha value is -3.11. The molecule has 2 aromatic carbocycles. The number of carbonyl (C=O) groups is 2. The van der Waals surface area contributed by atoms with Crippen molar-refractivity contribution in [1.82, 2.24) is 0 Å². The van der Waals surface area contributed by atoms with E-state index in [1.807, 2.05) is 44.2 Å². The molecule has 4 saturated carbocycles. The van der Waals surface area contributed by atoms with Crippen LogP contribution in [0.4, 0.5) is 4.39 Å². The SMILES string of the molecule is C=C1C(=O)[C@]23[C@H](OC(=O)c4ccc(OCc5ccccc5)cc4F)[C@H]1CC[C@H]2[C@@]12CO[C@]3(O)[C@@H](O)[C@@H]1C(C)(C)CC[C@@H]2O. The molecule has 2 heterocycles. The highest BCUT2D eigenvalue weighted by Crippen LogP contribution is 2.76. The number of Topliss-reactive ketones (excluding diaryl/α,β-unsaturated/α-hetero) is 1. The molecular weight excluding hydrogens is 555 g/mol. The number of esters is 1. The van der Waals surface area contributed by atoms with Crippen LogP contribution in [0, 0.1) is 39.8 Å². The van der Waals surface area contributed by atoms with Crippen LogP contribution < -0.4 is 4.74 Å². The standard InChI is InChI=1S/C34H37FO8/c1-18-21-11-12-24-32-17-42-34(40,28(38)26(32)31(2,3)14-13-25(32)36)33(24,27(18)37)29(21)43-30(39)22-10-9-20(15-23(22)35)41-16-19-7-5-4-6-8-19/h4-10,15,21,24-26,28-29,36,38,40H,1,11-14,16-17H2,2-3H3/t21-,24-,25-,26+,28-,29+,32+,33-,34+/m0/s1. The van der Waals surface area contributed by atoms with Gasteiger partial charge in [0.25, 0.3) is 0 Å². The fraction of sp³-hybridized carbons (Fsp3) is 0.529. The van der Waals surface area contributed by atoms with Gasteiger partial charge in [-0.05, 0) is 60.3 Å². The van der Waals surface area contributed by atoms with Crippen molar-refractivity contribution in [3.8, 4) is 5.75 Å². The quantitative estimate of drug-likeness (QED) is 0.353.